The van der Waals surface area contributed by atoms with Crippen LogP contribution in [0.25, 0.3) is 0 Å². The number of esters is 1. The highest BCUT2D eigenvalue weighted by molar-refractivity contribution is 5.86. The summed E-state index contributed by atoms with van der Waals surface area (Å²) >= 11 is 0. The average Bonchev–Trinajstić information content (AvgIpc) is 2.64. The van der Waals surface area contributed by atoms with Crippen molar-refractivity contribution in [2.75, 3.05) is 13.2 Å². The minimum Gasteiger partial charge on any atom is -0.459 e. The second-order valence-electron chi connectivity index (χ2n) is 3.10. The summed E-state index contributed by atoms with van der Waals surface area (Å²) in [7, 11) is 0. The Hall–Kier alpha value is -0.830. The molecule has 0 bridgehead atoms. The first-order chi connectivity index (χ1) is 5.03. The van der Waals surface area contributed by atoms with Crippen molar-refractivity contribution in [1.29, 1.82) is 0 Å². The van der Waals surface area contributed by atoms with Crippen molar-refractivity contribution < 1.29 is 14.3 Å². The molecular formula is C8H12O3. The van der Waals surface area contributed by atoms with E-state index in [2.05, 4.69) is 6.58 Å². The molecule has 1 heterocycles. The zero-order valence-corrected chi connectivity index (χ0v) is 6.85. The van der Waals surface area contributed by atoms with Crippen molar-refractivity contribution in [2.24, 2.45) is 0 Å². The summed E-state index contributed by atoms with van der Waals surface area (Å²) in [6, 6.07) is 0. The maximum atomic E-state index is 10.8. The molecule has 1 saturated heterocycles. The molecular weight excluding hydrogens is 144 g/mol. The van der Waals surface area contributed by atoms with E-state index in [4.69, 9.17) is 9.47 Å². The highest BCUT2D eigenvalue weighted by Gasteiger charge is 2.40. The lowest BCUT2D eigenvalue weighted by molar-refractivity contribution is -0.140. The van der Waals surface area contributed by atoms with E-state index in [0.29, 0.717) is 18.8 Å². The molecule has 0 N–H and O–H groups in total. The number of rotatable bonds is 3. The molecule has 1 aliphatic rings. The second-order valence-corrected chi connectivity index (χ2v) is 3.10. The van der Waals surface area contributed by atoms with E-state index >= 15 is 0 Å². The Labute approximate surface area is 66.0 Å². The summed E-state index contributed by atoms with van der Waals surface area (Å²) < 4.78 is 9.89. The van der Waals surface area contributed by atoms with Crippen molar-refractivity contribution in [1.82, 2.24) is 0 Å². The standard InChI is InChI=1S/C8H12O3/c1-6(2)7(9)10-4-8(3)5-11-8/h1,4-5H2,2-3H3. The third kappa shape index (κ3) is 2.35. The minimum atomic E-state index is -0.346. The Morgan fingerprint density at radius 1 is 1.82 bits per heavy atom. The van der Waals surface area contributed by atoms with Gasteiger partial charge in [0.15, 0.2) is 0 Å². The van der Waals surface area contributed by atoms with Crippen LogP contribution in [-0.4, -0.2) is 24.8 Å². The Morgan fingerprint density at radius 2 is 2.36 bits per heavy atom. The first-order valence-electron chi connectivity index (χ1n) is 3.50. The Kier molecular flexibility index (Phi) is 2.00. The molecule has 0 aromatic carbocycles. The quantitative estimate of drug-likeness (QED) is 0.346. The molecule has 1 aliphatic heterocycles. The first kappa shape index (κ1) is 8.27. The fourth-order valence-electron chi connectivity index (χ4n) is 0.548. The second kappa shape index (κ2) is 2.66. The molecule has 0 amide bonds. The Bertz CT molecular complexity index is 192. The molecule has 3 heteroatoms. The number of hydrogen-bond donors (Lipinski definition) is 0. The maximum Gasteiger partial charge on any atom is 0.333 e. The van der Waals surface area contributed by atoms with Gasteiger partial charge in [0.05, 0.1) is 6.61 Å². The third-order valence-corrected chi connectivity index (χ3v) is 1.49. The van der Waals surface area contributed by atoms with Crippen LogP contribution in [0.3, 0.4) is 0 Å². The predicted octanol–water partition coefficient (Wildman–Crippen LogP) is 0.895. The van der Waals surface area contributed by atoms with Crippen molar-refractivity contribution in [2.45, 2.75) is 19.4 Å². The van der Waals surface area contributed by atoms with Gasteiger partial charge in [-0.1, -0.05) is 6.58 Å². The zero-order chi connectivity index (χ0) is 8.48. The molecule has 0 aliphatic carbocycles. The summed E-state index contributed by atoms with van der Waals surface area (Å²) in [5.74, 6) is -0.346. The van der Waals surface area contributed by atoms with Crippen molar-refractivity contribution in [3.05, 3.63) is 12.2 Å². The lowest BCUT2D eigenvalue weighted by atomic mass is 10.2. The highest BCUT2D eigenvalue weighted by Crippen LogP contribution is 2.25. The molecule has 0 aromatic heterocycles. The van der Waals surface area contributed by atoms with Gasteiger partial charge < -0.3 is 9.47 Å². The van der Waals surface area contributed by atoms with E-state index < -0.39 is 0 Å². The van der Waals surface area contributed by atoms with Gasteiger partial charge >= 0.3 is 5.97 Å². The molecule has 11 heavy (non-hydrogen) atoms. The van der Waals surface area contributed by atoms with Crippen LogP contribution in [0.1, 0.15) is 13.8 Å². The molecule has 62 valence electrons. The smallest absolute Gasteiger partial charge is 0.333 e. The zero-order valence-electron chi connectivity index (χ0n) is 6.85. The summed E-state index contributed by atoms with van der Waals surface area (Å²) in [4.78, 5) is 10.8. The van der Waals surface area contributed by atoms with Gasteiger partial charge in [0.1, 0.15) is 12.2 Å². The van der Waals surface area contributed by atoms with Crippen molar-refractivity contribution >= 4 is 5.97 Å². The monoisotopic (exact) mass is 156 g/mol. The lowest BCUT2D eigenvalue weighted by Crippen LogP contribution is -2.18. The average molecular weight is 156 g/mol. The molecule has 1 rings (SSSR count). The molecule has 0 radical (unpaired) electrons. The van der Waals surface area contributed by atoms with Crippen LogP contribution in [0.2, 0.25) is 0 Å². The predicted molar refractivity (Wildman–Crippen MR) is 40.1 cm³/mol. The van der Waals surface area contributed by atoms with Gasteiger partial charge in [-0.15, -0.1) is 0 Å². The van der Waals surface area contributed by atoms with E-state index in [0.717, 1.165) is 0 Å². The normalized spacial score (nSPS) is 27.8. The van der Waals surface area contributed by atoms with Gasteiger partial charge in [-0.3, -0.25) is 0 Å². The number of carbonyl (C=O) groups excluding carboxylic acids is 1. The van der Waals surface area contributed by atoms with Gasteiger partial charge in [-0.25, -0.2) is 4.79 Å². The fraction of sp³-hybridized carbons (Fsp3) is 0.625. The summed E-state index contributed by atoms with van der Waals surface area (Å²) in [5, 5.41) is 0. The Morgan fingerprint density at radius 3 is 2.73 bits per heavy atom. The van der Waals surface area contributed by atoms with Crippen LogP contribution < -0.4 is 0 Å². The molecule has 1 unspecified atom stereocenters. The molecule has 0 saturated carbocycles. The molecule has 1 atom stereocenters. The van der Waals surface area contributed by atoms with Crippen molar-refractivity contribution in [3.8, 4) is 0 Å². The number of ether oxygens (including phenoxy) is 2. The van der Waals surface area contributed by atoms with E-state index in [1.54, 1.807) is 6.92 Å². The minimum absolute atomic E-state index is 0.217. The SMILES string of the molecule is C=C(C)C(=O)OCC1(C)CO1. The molecule has 3 nitrogen and oxygen atoms in total. The van der Waals surface area contributed by atoms with Crippen LogP contribution in [0.15, 0.2) is 12.2 Å². The molecule has 0 aromatic rings. The Balaban J connectivity index is 2.22. The van der Waals surface area contributed by atoms with Gasteiger partial charge in [0.2, 0.25) is 0 Å². The van der Waals surface area contributed by atoms with Crippen LogP contribution in [0.5, 0.6) is 0 Å². The van der Waals surface area contributed by atoms with E-state index in [-0.39, 0.29) is 11.6 Å². The topological polar surface area (TPSA) is 38.8 Å². The highest BCUT2D eigenvalue weighted by atomic mass is 16.6. The number of epoxide rings is 1. The number of carbonyl (C=O) groups is 1. The maximum absolute atomic E-state index is 10.8. The third-order valence-electron chi connectivity index (χ3n) is 1.49. The fourth-order valence-corrected chi connectivity index (χ4v) is 0.548. The summed E-state index contributed by atoms with van der Waals surface area (Å²) in [6.45, 7) is 7.99. The van der Waals surface area contributed by atoms with Gasteiger partial charge in [0.25, 0.3) is 0 Å². The van der Waals surface area contributed by atoms with E-state index in [9.17, 15) is 4.79 Å². The van der Waals surface area contributed by atoms with E-state index in [1.165, 1.54) is 0 Å². The van der Waals surface area contributed by atoms with Gasteiger partial charge in [-0.05, 0) is 13.8 Å². The van der Waals surface area contributed by atoms with Crippen LogP contribution in [-0.2, 0) is 14.3 Å². The van der Waals surface area contributed by atoms with Crippen LogP contribution in [0, 0.1) is 0 Å². The summed E-state index contributed by atoms with van der Waals surface area (Å²) in [5.41, 5.74) is 0.208. The van der Waals surface area contributed by atoms with Crippen molar-refractivity contribution in [3.63, 3.8) is 0 Å². The molecule has 0 spiro atoms. The first-order valence-corrected chi connectivity index (χ1v) is 3.50. The number of hydrogen-bond acceptors (Lipinski definition) is 3. The van der Waals surface area contributed by atoms with Gasteiger partial charge in [-0.2, -0.15) is 0 Å². The van der Waals surface area contributed by atoms with Crippen LogP contribution >= 0.6 is 0 Å². The molecule has 1 fully saturated rings. The van der Waals surface area contributed by atoms with Crippen LogP contribution in [0.4, 0.5) is 0 Å². The summed E-state index contributed by atoms with van der Waals surface area (Å²) in [6.07, 6.45) is 0. The van der Waals surface area contributed by atoms with E-state index in [1.807, 2.05) is 6.92 Å². The largest absolute Gasteiger partial charge is 0.459 e. The lowest BCUT2D eigenvalue weighted by Gasteiger charge is -2.05. The van der Waals surface area contributed by atoms with Gasteiger partial charge in [0, 0.05) is 5.57 Å².